The van der Waals surface area contributed by atoms with E-state index in [1.807, 2.05) is 0 Å². The lowest BCUT2D eigenvalue weighted by Crippen LogP contribution is -2.43. The number of carboxylic acids is 2. The van der Waals surface area contributed by atoms with Crippen molar-refractivity contribution in [3.63, 3.8) is 0 Å². The molecule has 2 fully saturated rings. The third-order valence-corrected chi connectivity index (χ3v) is 8.22. The van der Waals surface area contributed by atoms with Gasteiger partial charge in [-0.3, -0.25) is 9.59 Å². The van der Waals surface area contributed by atoms with E-state index < -0.39 is 43.3 Å². The van der Waals surface area contributed by atoms with Gasteiger partial charge < -0.3 is 10.2 Å². The summed E-state index contributed by atoms with van der Waals surface area (Å²) < 4.78 is -1.62. The fourth-order valence-corrected chi connectivity index (χ4v) is 6.09. The van der Waals surface area contributed by atoms with Gasteiger partial charge in [-0.25, -0.2) is 0 Å². The fraction of sp³-hybridized carbons (Fsp3) is 0.857. The maximum absolute atomic E-state index is 12.1. The zero-order chi connectivity index (χ0) is 16.2. The van der Waals surface area contributed by atoms with Crippen molar-refractivity contribution in [2.45, 2.75) is 45.9 Å². The average Bonchev–Trinajstić information content (AvgIpc) is 2.73. The highest BCUT2D eigenvalue weighted by atomic mass is 35.5. The maximum Gasteiger partial charge on any atom is 0.314 e. The predicted molar refractivity (Wildman–Crippen MR) is 75.9 cm³/mol. The van der Waals surface area contributed by atoms with Crippen LogP contribution in [0.4, 0.5) is 0 Å². The molecule has 0 heterocycles. The van der Waals surface area contributed by atoms with Gasteiger partial charge in [0.05, 0.1) is 5.41 Å². The second-order valence-corrected chi connectivity index (χ2v) is 8.89. The molecule has 2 aliphatic carbocycles. The van der Waals surface area contributed by atoms with Crippen molar-refractivity contribution < 1.29 is 19.8 Å². The lowest BCUT2D eigenvalue weighted by Gasteiger charge is -2.28. The quantitative estimate of drug-likeness (QED) is 0.781. The van der Waals surface area contributed by atoms with Gasteiger partial charge in [0.2, 0.25) is 0 Å². The van der Waals surface area contributed by atoms with Crippen molar-refractivity contribution in [3.8, 4) is 0 Å². The van der Waals surface area contributed by atoms with Crippen LogP contribution in [-0.4, -0.2) is 26.5 Å². The Kier molecular flexibility index (Phi) is 2.62. The van der Waals surface area contributed by atoms with E-state index >= 15 is 0 Å². The van der Waals surface area contributed by atoms with Gasteiger partial charge in [0.15, 0.2) is 0 Å². The molecule has 0 spiro atoms. The summed E-state index contributed by atoms with van der Waals surface area (Å²) in [5, 5.41) is 19.7. The molecule has 2 rings (SSSR count). The van der Waals surface area contributed by atoms with E-state index in [2.05, 4.69) is 0 Å². The molecule has 0 aliphatic heterocycles. The van der Waals surface area contributed by atoms with Gasteiger partial charge in [-0.15, -0.1) is 0 Å². The van der Waals surface area contributed by atoms with Crippen molar-refractivity contribution in [2.24, 2.45) is 27.1 Å². The van der Waals surface area contributed by atoms with E-state index in [4.69, 9.17) is 23.2 Å². The highest BCUT2D eigenvalue weighted by Gasteiger charge is 3.04. The zero-order valence-corrected chi connectivity index (χ0v) is 14.0. The van der Waals surface area contributed by atoms with Crippen LogP contribution in [0.5, 0.6) is 0 Å². The highest BCUT2D eigenvalue weighted by Crippen LogP contribution is 2.97. The number of alkyl halides is 2. The first-order valence-corrected chi connectivity index (χ1v) is 7.24. The molecule has 0 aromatic heterocycles. The van der Waals surface area contributed by atoms with Crippen molar-refractivity contribution in [1.82, 2.24) is 0 Å². The summed E-state index contributed by atoms with van der Waals surface area (Å²) in [6, 6.07) is 0. The maximum atomic E-state index is 12.1. The van der Waals surface area contributed by atoms with E-state index in [1.165, 1.54) is 0 Å². The monoisotopic (exact) mass is 322 g/mol. The second kappa shape index (κ2) is 3.30. The van der Waals surface area contributed by atoms with Crippen molar-refractivity contribution in [1.29, 1.82) is 0 Å². The van der Waals surface area contributed by atoms with Crippen LogP contribution >= 0.6 is 23.2 Å². The van der Waals surface area contributed by atoms with Gasteiger partial charge in [0.25, 0.3) is 0 Å². The number of carboxylic acid groups (broad SMARTS) is 2. The number of hydrogen-bond acceptors (Lipinski definition) is 2. The Morgan fingerprint density at radius 1 is 0.700 bits per heavy atom. The Morgan fingerprint density at radius 3 is 1.00 bits per heavy atom. The van der Waals surface area contributed by atoms with E-state index in [0.717, 1.165) is 0 Å². The predicted octanol–water partition coefficient (Wildman–Crippen LogP) is 3.41. The molecule has 1 unspecified atom stereocenters. The van der Waals surface area contributed by atoms with Crippen molar-refractivity contribution in [3.05, 3.63) is 0 Å². The van der Waals surface area contributed by atoms with E-state index in [9.17, 15) is 19.8 Å². The number of rotatable bonds is 3. The Labute approximate surface area is 128 Å². The summed E-state index contributed by atoms with van der Waals surface area (Å²) in [5.41, 5.74) is -5.71. The molecule has 0 bridgehead atoms. The summed E-state index contributed by atoms with van der Waals surface area (Å²) in [4.78, 5) is 24.2. The SMILES string of the molecule is CC1(C)C(C)(C)C1(C(=O)O)C1(C(=O)O)C(C)(C)C1(Cl)Cl. The van der Waals surface area contributed by atoms with Crippen LogP contribution in [0, 0.1) is 27.1 Å². The standard InChI is InChI=1S/C14H20Cl2O4/c1-9(2)10(3,4)12(9,7(17)18)13(8(19)20)11(5,6)14(13,15)16/h1-6H3,(H,17,18)(H,19,20). The summed E-state index contributed by atoms with van der Waals surface area (Å²) in [5.74, 6) is -2.39. The van der Waals surface area contributed by atoms with Crippen LogP contribution < -0.4 is 0 Å². The highest BCUT2D eigenvalue weighted by molar-refractivity contribution is 6.54. The average molecular weight is 323 g/mol. The molecule has 1 atom stereocenters. The normalized spacial score (nSPS) is 37.0. The molecule has 4 nitrogen and oxygen atoms in total. The Morgan fingerprint density at radius 2 is 0.950 bits per heavy atom. The zero-order valence-electron chi connectivity index (χ0n) is 12.5. The van der Waals surface area contributed by atoms with Crippen LogP contribution in [-0.2, 0) is 9.59 Å². The molecule has 0 radical (unpaired) electrons. The molecule has 6 heteroatoms. The summed E-state index contributed by atoms with van der Waals surface area (Å²) in [7, 11) is 0. The molecular weight excluding hydrogens is 303 g/mol. The molecule has 114 valence electrons. The van der Waals surface area contributed by atoms with Crippen LogP contribution in [0.15, 0.2) is 0 Å². The molecular formula is C14H20Cl2O4. The Bertz CT molecular complexity index is 455. The largest absolute Gasteiger partial charge is 0.481 e. The molecule has 2 N–H and O–H groups in total. The molecule has 0 saturated heterocycles. The van der Waals surface area contributed by atoms with Gasteiger partial charge in [-0.05, 0) is 10.8 Å². The van der Waals surface area contributed by atoms with Crippen LogP contribution in [0.3, 0.4) is 0 Å². The number of halogens is 2. The summed E-state index contributed by atoms with van der Waals surface area (Å²) in [6.45, 7) is 10.3. The van der Waals surface area contributed by atoms with Crippen molar-refractivity contribution >= 4 is 35.1 Å². The van der Waals surface area contributed by atoms with E-state index in [-0.39, 0.29) is 0 Å². The third kappa shape index (κ3) is 0.961. The van der Waals surface area contributed by atoms with Crippen LogP contribution in [0.25, 0.3) is 0 Å². The van der Waals surface area contributed by atoms with Crippen LogP contribution in [0.2, 0.25) is 0 Å². The van der Waals surface area contributed by atoms with E-state index in [1.54, 1.807) is 41.5 Å². The molecule has 0 amide bonds. The van der Waals surface area contributed by atoms with Gasteiger partial charge in [0, 0.05) is 5.41 Å². The molecule has 2 aliphatic rings. The molecule has 0 aromatic rings. The van der Waals surface area contributed by atoms with Crippen molar-refractivity contribution in [2.75, 3.05) is 0 Å². The minimum absolute atomic E-state index is 0.729. The van der Waals surface area contributed by atoms with Gasteiger partial charge in [0.1, 0.15) is 9.75 Å². The first-order chi connectivity index (χ1) is 8.64. The summed E-state index contributed by atoms with van der Waals surface area (Å²) >= 11 is 12.6. The number of carbonyl (C=O) groups is 2. The van der Waals surface area contributed by atoms with Gasteiger partial charge >= 0.3 is 11.9 Å². The minimum Gasteiger partial charge on any atom is -0.481 e. The lowest BCUT2D eigenvalue weighted by atomic mass is 9.73. The minimum atomic E-state index is -1.71. The molecule has 20 heavy (non-hydrogen) atoms. The first-order valence-electron chi connectivity index (χ1n) is 6.48. The second-order valence-electron chi connectivity index (χ2n) is 7.56. The van der Waals surface area contributed by atoms with Gasteiger partial charge in [-0.2, -0.15) is 0 Å². The first kappa shape index (κ1) is 15.9. The third-order valence-electron chi connectivity index (χ3n) is 6.71. The van der Waals surface area contributed by atoms with Gasteiger partial charge in [-0.1, -0.05) is 64.7 Å². The molecule has 0 aromatic carbocycles. The van der Waals surface area contributed by atoms with E-state index in [0.29, 0.717) is 0 Å². The summed E-state index contributed by atoms with van der Waals surface area (Å²) in [6.07, 6.45) is 0. The Hall–Kier alpha value is -0.480. The smallest absolute Gasteiger partial charge is 0.314 e. The number of aliphatic carboxylic acids is 2. The topological polar surface area (TPSA) is 74.6 Å². The van der Waals surface area contributed by atoms with Crippen LogP contribution in [0.1, 0.15) is 41.5 Å². The lowest BCUT2D eigenvalue weighted by molar-refractivity contribution is -0.163. The number of hydrogen-bond donors (Lipinski definition) is 2. The Balaban J connectivity index is 2.83. The fourth-order valence-electron chi connectivity index (χ4n) is 4.98. The molecule has 2 saturated carbocycles.